The third-order valence-electron chi connectivity index (χ3n) is 12.9. The molecule has 5 aliphatic carbocycles. The lowest BCUT2D eigenvalue weighted by atomic mass is 9.33. The third-order valence-corrected chi connectivity index (χ3v) is 12.9. The summed E-state index contributed by atoms with van der Waals surface area (Å²) in [4.78, 5) is 12.8. The molecule has 4 saturated carbocycles. The zero-order valence-corrected chi connectivity index (χ0v) is 21.8. The van der Waals surface area contributed by atoms with Crippen LogP contribution in [0.15, 0.2) is 23.8 Å². The topological polar surface area (TPSA) is 57.5 Å². The van der Waals surface area contributed by atoms with E-state index in [2.05, 4.69) is 54.2 Å². The molecule has 0 amide bonds. The number of fused-ring (bicyclic) bond motifs is 7. The van der Waals surface area contributed by atoms with E-state index in [1.54, 1.807) is 0 Å². The van der Waals surface area contributed by atoms with E-state index < -0.39 is 11.4 Å². The van der Waals surface area contributed by atoms with E-state index in [9.17, 15) is 15.0 Å². The smallest absolute Gasteiger partial charge is 0.310 e. The Balaban J connectivity index is 1.62. The molecular formula is C30H46O3. The van der Waals surface area contributed by atoms with E-state index in [1.807, 2.05) is 0 Å². The van der Waals surface area contributed by atoms with Gasteiger partial charge in [0.1, 0.15) is 0 Å². The SMILES string of the molecule is C=C1C(C)CCC2(C(=O)O)CCC3(C)C(=CCC4C5(C)CCC(O)C(C)(C)C5CCC43C)C12. The fourth-order valence-electron chi connectivity index (χ4n) is 10.4. The van der Waals surface area contributed by atoms with Gasteiger partial charge in [0.25, 0.3) is 0 Å². The normalized spacial score (nSPS) is 53.1. The first-order valence-electron chi connectivity index (χ1n) is 13.6. The Morgan fingerprint density at radius 2 is 1.67 bits per heavy atom. The summed E-state index contributed by atoms with van der Waals surface area (Å²) in [5.41, 5.74) is 2.29. The number of allylic oxidation sites excluding steroid dienone is 3. The lowest BCUT2D eigenvalue weighted by Gasteiger charge is -2.71. The number of hydrogen-bond donors (Lipinski definition) is 2. The highest BCUT2D eigenvalue weighted by molar-refractivity contribution is 5.77. The zero-order chi connectivity index (χ0) is 24.2. The molecule has 0 aromatic rings. The molecule has 0 aromatic carbocycles. The first kappa shape index (κ1) is 23.6. The van der Waals surface area contributed by atoms with E-state index in [0.29, 0.717) is 17.8 Å². The highest BCUT2D eigenvalue weighted by Gasteiger charge is 2.69. The monoisotopic (exact) mass is 454 g/mol. The Morgan fingerprint density at radius 1 is 0.970 bits per heavy atom. The molecule has 5 rings (SSSR count). The second kappa shape index (κ2) is 6.99. The van der Waals surface area contributed by atoms with Gasteiger partial charge in [-0.3, -0.25) is 4.79 Å². The minimum absolute atomic E-state index is 0.00887. The first-order chi connectivity index (χ1) is 15.3. The zero-order valence-electron chi connectivity index (χ0n) is 21.8. The fourth-order valence-corrected chi connectivity index (χ4v) is 10.4. The molecule has 0 radical (unpaired) electrons. The summed E-state index contributed by atoms with van der Waals surface area (Å²) in [6.45, 7) is 18.9. The molecule has 0 aromatic heterocycles. The van der Waals surface area contributed by atoms with Crippen molar-refractivity contribution in [2.45, 2.75) is 105 Å². The van der Waals surface area contributed by atoms with Crippen LogP contribution in [0.4, 0.5) is 0 Å². The molecule has 9 atom stereocenters. The van der Waals surface area contributed by atoms with Crippen LogP contribution in [0.2, 0.25) is 0 Å². The number of aliphatic hydroxyl groups excluding tert-OH is 1. The molecule has 0 aliphatic heterocycles. The van der Waals surface area contributed by atoms with Crippen LogP contribution in [0.1, 0.15) is 99.3 Å². The average Bonchev–Trinajstić information content (AvgIpc) is 2.74. The Bertz CT molecular complexity index is 916. The Labute approximate surface area is 201 Å². The number of carboxylic acids is 1. The number of rotatable bonds is 1. The van der Waals surface area contributed by atoms with Crippen LogP contribution in [0, 0.1) is 50.7 Å². The quantitative estimate of drug-likeness (QED) is 0.419. The highest BCUT2D eigenvalue weighted by Crippen LogP contribution is 2.75. The van der Waals surface area contributed by atoms with Crippen molar-refractivity contribution >= 4 is 5.97 Å². The van der Waals surface area contributed by atoms with E-state index in [1.165, 1.54) is 24.0 Å². The number of hydrogen-bond acceptors (Lipinski definition) is 2. The van der Waals surface area contributed by atoms with E-state index in [-0.39, 0.29) is 33.7 Å². The lowest BCUT2D eigenvalue weighted by molar-refractivity contribution is -0.203. The lowest BCUT2D eigenvalue weighted by Crippen LogP contribution is -2.65. The fraction of sp³-hybridized carbons (Fsp3) is 0.833. The van der Waals surface area contributed by atoms with E-state index in [0.717, 1.165) is 44.9 Å². The van der Waals surface area contributed by atoms with Crippen molar-refractivity contribution in [3.63, 3.8) is 0 Å². The molecule has 33 heavy (non-hydrogen) atoms. The molecular weight excluding hydrogens is 408 g/mol. The molecule has 3 nitrogen and oxygen atoms in total. The summed E-state index contributed by atoms with van der Waals surface area (Å²) in [6.07, 6.45) is 11.2. The van der Waals surface area contributed by atoms with Gasteiger partial charge in [0.05, 0.1) is 11.5 Å². The summed E-state index contributed by atoms with van der Waals surface area (Å²) in [7, 11) is 0. The van der Waals surface area contributed by atoms with Gasteiger partial charge in [-0.05, 0) is 97.2 Å². The van der Waals surface area contributed by atoms with Crippen molar-refractivity contribution in [3.05, 3.63) is 23.8 Å². The maximum atomic E-state index is 12.8. The Hall–Kier alpha value is -1.09. The molecule has 0 heterocycles. The molecule has 0 spiro atoms. The van der Waals surface area contributed by atoms with Gasteiger partial charge in [-0.15, -0.1) is 0 Å². The van der Waals surface area contributed by atoms with Crippen molar-refractivity contribution in [1.29, 1.82) is 0 Å². The molecule has 5 aliphatic rings. The third kappa shape index (κ3) is 2.69. The maximum absolute atomic E-state index is 12.8. The van der Waals surface area contributed by atoms with Gasteiger partial charge in [-0.1, -0.05) is 65.3 Å². The second-order valence-corrected chi connectivity index (χ2v) is 14.1. The minimum Gasteiger partial charge on any atom is -0.481 e. The van der Waals surface area contributed by atoms with Gasteiger partial charge in [0, 0.05) is 5.92 Å². The first-order valence-corrected chi connectivity index (χ1v) is 13.6. The van der Waals surface area contributed by atoms with Crippen LogP contribution < -0.4 is 0 Å². The summed E-state index contributed by atoms with van der Waals surface area (Å²) < 4.78 is 0. The molecule has 4 fully saturated rings. The Morgan fingerprint density at radius 3 is 2.33 bits per heavy atom. The molecule has 9 unspecified atom stereocenters. The van der Waals surface area contributed by atoms with Crippen molar-refractivity contribution in [2.75, 3.05) is 0 Å². The summed E-state index contributed by atoms with van der Waals surface area (Å²) in [5, 5.41) is 21.4. The molecule has 2 N–H and O–H groups in total. The average molecular weight is 455 g/mol. The standard InChI is InChI=1S/C30H46O3/c1-18-10-15-30(25(32)33)17-16-28(6)20(24(30)19(18)2)8-9-22-27(5)13-12-23(31)26(3,4)21(27)11-14-29(22,28)7/h8,18,21-24,31H,2,9-17H2,1,3-7H3,(H,32,33). The molecule has 0 bridgehead atoms. The van der Waals surface area contributed by atoms with E-state index in [4.69, 9.17) is 0 Å². The minimum atomic E-state index is -0.657. The molecule has 3 heteroatoms. The summed E-state index contributed by atoms with van der Waals surface area (Å²) in [6, 6.07) is 0. The van der Waals surface area contributed by atoms with Crippen molar-refractivity contribution in [3.8, 4) is 0 Å². The van der Waals surface area contributed by atoms with Gasteiger partial charge in [0.15, 0.2) is 0 Å². The van der Waals surface area contributed by atoms with Gasteiger partial charge in [-0.2, -0.15) is 0 Å². The summed E-state index contributed by atoms with van der Waals surface area (Å²) >= 11 is 0. The van der Waals surface area contributed by atoms with Gasteiger partial charge >= 0.3 is 5.97 Å². The number of carbonyl (C=O) groups is 1. The number of carboxylic acid groups (broad SMARTS) is 1. The maximum Gasteiger partial charge on any atom is 0.310 e. The van der Waals surface area contributed by atoms with Crippen molar-refractivity contribution in [2.24, 2.45) is 50.7 Å². The van der Waals surface area contributed by atoms with Crippen LogP contribution in [-0.4, -0.2) is 22.3 Å². The van der Waals surface area contributed by atoms with Crippen LogP contribution in [-0.2, 0) is 4.79 Å². The van der Waals surface area contributed by atoms with Crippen molar-refractivity contribution < 1.29 is 15.0 Å². The predicted molar refractivity (Wildman–Crippen MR) is 133 cm³/mol. The second-order valence-electron chi connectivity index (χ2n) is 14.1. The molecule has 0 saturated heterocycles. The van der Waals surface area contributed by atoms with Gasteiger partial charge in [0.2, 0.25) is 0 Å². The van der Waals surface area contributed by atoms with Crippen LogP contribution >= 0.6 is 0 Å². The van der Waals surface area contributed by atoms with Crippen LogP contribution in [0.5, 0.6) is 0 Å². The van der Waals surface area contributed by atoms with Gasteiger partial charge < -0.3 is 10.2 Å². The predicted octanol–water partition coefficient (Wildman–Crippen LogP) is 7.01. The highest BCUT2D eigenvalue weighted by atomic mass is 16.4. The number of aliphatic carboxylic acids is 1. The van der Waals surface area contributed by atoms with Crippen molar-refractivity contribution in [1.82, 2.24) is 0 Å². The molecule has 184 valence electrons. The Kier molecular flexibility index (Phi) is 5.01. The number of aliphatic hydroxyl groups is 1. The largest absolute Gasteiger partial charge is 0.481 e. The van der Waals surface area contributed by atoms with E-state index >= 15 is 0 Å². The van der Waals surface area contributed by atoms with Crippen LogP contribution in [0.3, 0.4) is 0 Å². The van der Waals surface area contributed by atoms with Crippen LogP contribution in [0.25, 0.3) is 0 Å². The van der Waals surface area contributed by atoms with Gasteiger partial charge in [-0.25, -0.2) is 0 Å². The summed E-state index contributed by atoms with van der Waals surface area (Å²) in [5.74, 6) is 0.901.